The third-order valence-corrected chi connectivity index (χ3v) is 10.2. The number of carbonyl (C=O) groups excluding carboxylic acids is 2. The summed E-state index contributed by atoms with van der Waals surface area (Å²) in [5.74, 6) is -0.526. The van der Waals surface area contributed by atoms with Crippen molar-refractivity contribution in [3.05, 3.63) is 94.0 Å². The molecule has 1 saturated heterocycles. The van der Waals surface area contributed by atoms with Crippen molar-refractivity contribution >= 4 is 55.1 Å². The average molecular weight is 655 g/mol. The Balaban J connectivity index is 1.42. The fourth-order valence-corrected chi connectivity index (χ4v) is 7.62. The number of carbonyl (C=O) groups is 2. The molecule has 0 aliphatic carbocycles. The molecule has 0 bridgehead atoms. The monoisotopic (exact) mass is 653 g/mol. The zero-order valence-electron chi connectivity index (χ0n) is 22.3. The van der Waals surface area contributed by atoms with Gasteiger partial charge < -0.3 is 10.1 Å². The lowest BCUT2D eigenvalue weighted by molar-refractivity contribution is -0.122. The van der Waals surface area contributed by atoms with Gasteiger partial charge in [-0.05, 0) is 66.8 Å². The molecule has 3 aromatic rings. The summed E-state index contributed by atoms with van der Waals surface area (Å²) in [5, 5.41) is 2.29. The summed E-state index contributed by atoms with van der Waals surface area (Å²) in [4.78, 5) is 24.8. The van der Waals surface area contributed by atoms with E-state index < -0.39 is 43.2 Å². The highest BCUT2D eigenvalue weighted by atomic mass is 35.5. The van der Waals surface area contributed by atoms with Crippen LogP contribution < -0.4 is 19.5 Å². The second kappa shape index (κ2) is 13.9. The van der Waals surface area contributed by atoms with E-state index in [1.807, 2.05) is 4.72 Å². The van der Waals surface area contributed by atoms with Crippen molar-refractivity contribution in [1.29, 1.82) is 0 Å². The van der Waals surface area contributed by atoms with E-state index in [1.165, 1.54) is 24.3 Å². The van der Waals surface area contributed by atoms with Crippen molar-refractivity contribution in [2.45, 2.75) is 41.9 Å². The maximum Gasteiger partial charge on any atom is 0.242 e. The molecule has 3 aromatic carbocycles. The van der Waals surface area contributed by atoms with E-state index in [0.29, 0.717) is 35.8 Å². The van der Waals surface area contributed by atoms with Crippen LogP contribution in [0, 0.1) is 0 Å². The molecule has 1 heterocycles. The van der Waals surface area contributed by atoms with E-state index in [0.717, 1.165) is 0 Å². The molecule has 14 heteroatoms. The minimum absolute atomic E-state index is 0.00190. The normalized spacial score (nSPS) is 16.9. The zero-order chi connectivity index (χ0) is 30.3. The van der Waals surface area contributed by atoms with Gasteiger partial charge in [-0.25, -0.2) is 16.8 Å². The Bertz CT molecular complexity index is 1650. The minimum Gasteiger partial charge on any atom is -0.494 e. The lowest BCUT2D eigenvalue weighted by Gasteiger charge is -2.20. The topological polar surface area (TPSA) is 148 Å². The SMILES string of the molecule is O=C1CC(c2ccc(CC(NS(=O)(=O)c3ccccc3)C(=O)NCCCCOc3cccc(Cl)c3)cc2Cl)S(=O)(=O)N1. The number of sulfonamides is 2. The molecule has 0 spiro atoms. The highest BCUT2D eigenvalue weighted by Gasteiger charge is 2.39. The number of unbranched alkanes of at least 4 members (excludes halogenated alkanes) is 1. The molecule has 2 unspecified atom stereocenters. The summed E-state index contributed by atoms with van der Waals surface area (Å²) in [6, 6.07) is 18.0. The van der Waals surface area contributed by atoms with Crippen molar-refractivity contribution in [2.24, 2.45) is 0 Å². The Morgan fingerprint density at radius 2 is 1.79 bits per heavy atom. The van der Waals surface area contributed by atoms with Crippen LogP contribution in [0.2, 0.25) is 10.0 Å². The number of halogens is 2. The molecule has 4 rings (SSSR count). The number of hydrogen-bond donors (Lipinski definition) is 3. The number of benzene rings is 3. The van der Waals surface area contributed by atoms with Crippen LogP contribution in [0.5, 0.6) is 5.75 Å². The van der Waals surface area contributed by atoms with Crippen molar-refractivity contribution in [3.63, 3.8) is 0 Å². The summed E-state index contributed by atoms with van der Waals surface area (Å²) in [6.45, 7) is 0.685. The van der Waals surface area contributed by atoms with Crippen LogP contribution in [0.3, 0.4) is 0 Å². The van der Waals surface area contributed by atoms with Gasteiger partial charge in [0.15, 0.2) is 0 Å². The fraction of sp³-hybridized carbons (Fsp3) is 0.286. The average Bonchev–Trinajstić information content (AvgIpc) is 3.21. The van der Waals surface area contributed by atoms with Gasteiger partial charge in [0.25, 0.3) is 0 Å². The summed E-state index contributed by atoms with van der Waals surface area (Å²) in [5.41, 5.74) is 0.730. The molecule has 0 aromatic heterocycles. The first kappa shape index (κ1) is 31.8. The third-order valence-electron chi connectivity index (χ3n) is 6.46. The van der Waals surface area contributed by atoms with E-state index in [1.54, 1.807) is 48.5 Å². The van der Waals surface area contributed by atoms with Gasteiger partial charge in [-0.15, -0.1) is 0 Å². The molecule has 2 atom stereocenters. The van der Waals surface area contributed by atoms with Crippen molar-refractivity contribution in [3.8, 4) is 5.75 Å². The van der Waals surface area contributed by atoms with Gasteiger partial charge in [-0.1, -0.05) is 59.6 Å². The van der Waals surface area contributed by atoms with Crippen molar-refractivity contribution in [2.75, 3.05) is 13.2 Å². The number of ether oxygens (including phenoxy) is 1. The lowest BCUT2D eigenvalue weighted by atomic mass is 10.0. The van der Waals surface area contributed by atoms with Gasteiger partial charge in [-0.3, -0.25) is 14.3 Å². The van der Waals surface area contributed by atoms with Crippen molar-refractivity contribution in [1.82, 2.24) is 14.8 Å². The molecular formula is C28H29Cl2N3O7S2. The quantitative estimate of drug-likeness (QED) is 0.238. The van der Waals surface area contributed by atoms with Crippen LogP contribution in [-0.4, -0.2) is 47.8 Å². The van der Waals surface area contributed by atoms with Crippen molar-refractivity contribution < 1.29 is 31.2 Å². The standard InChI is InChI=1S/C28H29Cl2N3O7S2/c29-20-7-6-8-21(17-20)40-14-5-4-13-31-28(35)25(32-41(36,37)22-9-2-1-3-10-22)16-19-11-12-23(24(30)15-19)26-18-27(34)33-42(26,38)39/h1-3,6-12,15,17,25-26,32H,4-5,13-14,16,18H2,(H,31,35)(H,33,34). The van der Waals surface area contributed by atoms with Gasteiger partial charge >= 0.3 is 0 Å². The number of nitrogens with one attached hydrogen (secondary N) is 3. The highest BCUT2D eigenvalue weighted by Crippen LogP contribution is 2.35. The Morgan fingerprint density at radius 3 is 2.45 bits per heavy atom. The van der Waals surface area contributed by atoms with Gasteiger partial charge in [0.1, 0.15) is 17.0 Å². The van der Waals surface area contributed by atoms with Crippen LogP contribution in [0.1, 0.15) is 35.6 Å². The summed E-state index contributed by atoms with van der Waals surface area (Å²) < 4.78 is 60.8. The lowest BCUT2D eigenvalue weighted by Crippen LogP contribution is -2.48. The molecule has 0 radical (unpaired) electrons. The Kier molecular flexibility index (Phi) is 10.5. The fourth-order valence-electron chi connectivity index (χ4n) is 4.37. The molecule has 2 amide bonds. The molecule has 1 fully saturated rings. The molecular weight excluding hydrogens is 625 g/mol. The number of rotatable bonds is 13. The summed E-state index contributed by atoms with van der Waals surface area (Å²) >= 11 is 12.4. The molecule has 1 aliphatic heterocycles. The molecule has 42 heavy (non-hydrogen) atoms. The predicted molar refractivity (Wildman–Crippen MR) is 159 cm³/mol. The van der Waals surface area contributed by atoms with E-state index in [2.05, 4.69) is 10.0 Å². The second-order valence-electron chi connectivity index (χ2n) is 9.61. The van der Waals surface area contributed by atoms with Crippen LogP contribution in [0.25, 0.3) is 0 Å². The third kappa shape index (κ3) is 8.45. The number of amides is 2. The highest BCUT2D eigenvalue weighted by molar-refractivity contribution is 7.90. The molecule has 1 aliphatic rings. The molecule has 10 nitrogen and oxygen atoms in total. The largest absolute Gasteiger partial charge is 0.494 e. The van der Waals surface area contributed by atoms with Gasteiger partial charge in [0, 0.05) is 16.6 Å². The molecule has 0 saturated carbocycles. The van der Waals surface area contributed by atoms with Crippen LogP contribution in [0.15, 0.2) is 77.7 Å². The first-order chi connectivity index (χ1) is 19.9. The van der Waals surface area contributed by atoms with Gasteiger partial charge in [0.2, 0.25) is 31.9 Å². The zero-order valence-corrected chi connectivity index (χ0v) is 25.4. The smallest absolute Gasteiger partial charge is 0.242 e. The van der Waals surface area contributed by atoms with E-state index >= 15 is 0 Å². The van der Waals surface area contributed by atoms with Crippen LogP contribution in [0.4, 0.5) is 0 Å². The first-order valence-electron chi connectivity index (χ1n) is 13.0. The maximum absolute atomic E-state index is 13.2. The summed E-state index contributed by atoms with van der Waals surface area (Å²) in [7, 11) is -7.96. The summed E-state index contributed by atoms with van der Waals surface area (Å²) in [6.07, 6.45) is 0.886. The second-order valence-corrected chi connectivity index (χ2v) is 14.0. The molecule has 224 valence electrons. The van der Waals surface area contributed by atoms with E-state index in [-0.39, 0.29) is 34.9 Å². The molecule has 3 N–H and O–H groups in total. The first-order valence-corrected chi connectivity index (χ1v) is 16.8. The Labute approximate surface area is 254 Å². The maximum atomic E-state index is 13.2. The van der Waals surface area contributed by atoms with Crippen LogP contribution >= 0.6 is 23.2 Å². The predicted octanol–water partition coefficient (Wildman–Crippen LogP) is 3.75. The minimum atomic E-state index is -4.05. The van der Waals surface area contributed by atoms with E-state index in [4.69, 9.17) is 27.9 Å². The van der Waals surface area contributed by atoms with Gasteiger partial charge in [-0.2, -0.15) is 4.72 Å². The Morgan fingerprint density at radius 1 is 1.02 bits per heavy atom. The van der Waals surface area contributed by atoms with E-state index in [9.17, 15) is 26.4 Å². The van der Waals surface area contributed by atoms with Gasteiger partial charge in [0.05, 0.1) is 17.9 Å². The Hall–Kier alpha value is -3.16. The number of hydrogen-bond acceptors (Lipinski definition) is 7. The van der Waals surface area contributed by atoms with Crippen LogP contribution in [-0.2, 0) is 36.1 Å².